The number of thiophene rings is 1. The molecule has 0 spiro atoms. The highest BCUT2D eigenvalue weighted by Gasteiger charge is 2.16. The zero-order valence-corrected chi connectivity index (χ0v) is 19.7. The summed E-state index contributed by atoms with van der Waals surface area (Å²) in [6, 6.07) is 14.8. The lowest BCUT2D eigenvalue weighted by atomic mass is 9.99. The Labute approximate surface area is 201 Å². The molecule has 4 rings (SSSR count). The van der Waals surface area contributed by atoms with Gasteiger partial charge in [0.2, 0.25) is 0 Å². The Morgan fingerprint density at radius 3 is 2.53 bits per heavy atom. The average Bonchev–Trinajstić information content (AvgIpc) is 3.47. The predicted octanol–water partition coefficient (Wildman–Crippen LogP) is 5.90. The Balaban J connectivity index is 1.78. The highest BCUT2D eigenvalue weighted by atomic mass is 32.1. The Bertz CT molecular complexity index is 1350. The second-order valence-electron chi connectivity index (χ2n) is 8.14. The molecular formula is C27H26N2O4S. The molecule has 0 aliphatic carbocycles. The standard InChI is InChI=1S/C27H26N2O4S/c1-2-3-10-25-28-16-20(14-19(26(30)31)15-21-7-6-13-34-21)29(25)17-18-11-12-24(27(32)33)23-9-5-4-8-22(18)23/h4-9,11-14,16H,2-3,10,15,17H2,1H3,(H,30,31)(H,32,33)/b19-14-. The van der Waals surface area contributed by atoms with Crippen molar-refractivity contribution >= 4 is 40.1 Å². The number of fused-ring (bicyclic) bond motifs is 1. The minimum Gasteiger partial charge on any atom is -0.478 e. The second-order valence-corrected chi connectivity index (χ2v) is 9.18. The van der Waals surface area contributed by atoms with Crippen molar-refractivity contribution in [3.05, 3.63) is 93.2 Å². The number of carboxylic acids is 2. The molecular weight excluding hydrogens is 448 g/mol. The van der Waals surface area contributed by atoms with Gasteiger partial charge < -0.3 is 14.8 Å². The first-order valence-corrected chi connectivity index (χ1v) is 12.1. The zero-order valence-electron chi connectivity index (χ0n) is 18.9. The molecule has 0 aliphatic heterocycles. The van der Waals surface area contributed by atoms with Crippen molar-refractivity contribution in [3.8, 4) is 0 Å². The van der Waals surface area contributed by atoms with E-state index in [0.717, 1.165) is 46.6 Å². The smallest absolute Gasteiger partial charge is 0.336 e. The number of aryl methyl sites for hydroxylation is 1. The number of imidazole rings is 1. The lowest BCUT2D eigenvalue weighted by Crippen LogP contribution is -2.10. The van der Waals surface area contributed by atoms with Crippen LogP contribution in [0.3, 0.4) is 0 Å². The van der Waals surface area contributed by atoms with Crippen molar-refractivity contribution in [3.63, 3.8) is 0 Å². The van der Waals surface area contributed by atoms with Gasteiger partial charge in [-0.2, -0.15) is 0 Å². The van der Waals surface area contributed by atoms with Gasteiger partial charge in [-0.15, -0.1) is 11.3 Å². The van der Waals surface area contributed by atoms with Gasteiger partial charge in [-0.3, -0.25) is 0 Å². The monoisotopic (exact) mass is 474 g/mol. The van der Waals surface area contributed by atoms with Crippen LogP contribution in [0, 0.1) is 0 Å². The van der Waals surface area contributed by atoms with E-state index in [9.17, 15) is 19.8 Å². The molecule has 2 aromatic carbocycles. The summed E-state index contributed by atoms with van der Waals surface area (Å²) < 4.78 is 2.05. The summed E-state index contributed by atoms with van der Waals surface area (Å²) >= 11 is 1.53. The fourth-order valence-electron chi connectivity index (χ4n) is 4.09. The molecule has 174 valence electrons. The summed E-state index contributed by atoms with van der Waals surface area (Å²) in [6.07, 6.45) is 6.56. The Hall–Kier alpha value is -3.71. The van der Waals surface area contributed by atoms with E-state index in [0.29, 0.717) is 23.9 Å². The minimum atomic E-state index is -0.961. The van der Waals surface area contributed by atoms with Crippen molar-refractivity contribution in [2.24, 2.45) is 0 Å². The molecule has 0 atom stereocenters. The molecule has 2 heterocycles. The van der Waals surface area contributed by atoms with Gasteiger partial charge in [0.05, 0.1) is 17.5 Å². The van der Waals surface area contributed by atoms with Crippen LogP contribution < -0.4 is 0 Å². The van der Waals surface area contributed by atoms with Crippen molar-refractivity contribution < 1.29 is 19.8 Å². The van der Waals surface area contributed by atoms with Crippen LogP contribution in [0.15, 0.2) is 65.7 Å². The average molecular weight is 475 g/mol. The molecule has 0 bridgehead atoms. The van der Waals surface area contributed by atoms with Crippen molar-refractivity contribution in [2.45, 2.75) is 39.2 Å². The molecule has 0 aliphatic rings. The first-order chi connectivity index (χ1) is 16.5. The summed E-state index contributed by atoms with van der Waals surface area (Å²) in [5.74, 6) is -1.02. The Morgan fingerprint density at radius 2 is 1.85 bits per heavy atom. The largest absolute Gasteiger partial charge is 0.478 e. The molecule has 7 heteroatoms. The number of nitrogens with zero attached hydrogens (tertiary/aromatic N) is 2. The van der Waals surface area contributed by atoms with Gasteiger partial charge in [-0.05, 0) is 46.3 Å². The number of carbonyl (C=O) groups is 2. The molecule has 0 amide bonds. The SMILES string of the molecule is CCCCc1ncc(/C=C(/Cc2cccs2)C(=O)O)n1Cc1ccc(C(=O)O)c2ccccc12. The third-order valence-electron chi connectivity index (χ3n) is 5.84. The van der Waals surface area contributed by atoms with Crippen molar-refractivity contribution in [1.82, 2.24) is 9.55 Å². The number of carboxylic acid groups (broad SMARTS) is 2. The lowest BCUT2D eigenvalue weighted by Gasteiger charge is -2.14. The van der Waals surface area contributed by atoms with Gasteiger partial charge >= 0.3 is 11.9 Å². The maximum absolute atomic E-state index is 12.0. The molecule has 0 unspecified atom stereocenters. The third-order valence-corrected chi connectivity index (χ3v) is 6.71. The molecule has 0 saturated carbocycles. The van der Waals surface area contributed by atoms with Gasteiger partial charge in [0, 0.05) is 29.8 Å². The second kappa shape index (κ2) is 10.5. The van der Waals surface area contributed by atoms with Crippen LogP contribution in [0.25, 0.3) is 16.8 Å². The van der Waals surface area contributed by atoms with Crippen LogP contribution in [-0.4, -0.2) is 31.7 Å². The first kappa shape index (κ1) is 23.4. The molecule has 0 saturated heterocycles. The fourth-order valence-corrected chi connectivity index (χ4v) is 4.81. The summed E-state index contributed by atoms with van der Waals surface area (Å²) in [5.41, 5.74) is 2.25. The van der Waals surface area contributed by atoms with Gasteiger partial charge in [-0.25, -0.2) is 14.6 Å². The van der Waals surface area contributed by atoms with E-state index >= 15 is 0 Å². The summed E-state index contributed by atoms with van der Waals surface area (Å²) in [6.45, 7) is 2.59. The topological polar surface area (TPSA) is 92.4 Å². The van der Waals surface area contributed by atoms with E-state index in [-0.39, 0.29) is 5.56 Å². The maximum Gasteiger partial charge on any atom is 0.336 e. The van der Waals surface area contributed by atoms with Crippen LogP contribution in [0.1, 0.15) is 52.1 Å². The number of rotatable bonds is 10. The van der Waals surface area contributed by atoms with Gasteiger partial charge in [-0.1, -0.05) is 49.7 Å². The quantitative estimate of drug-likeness (QED) is 0.279. The molecule has 6 nitrogen and oxygen atoms in total. The van der Waals surface area contributed by atoms with Gasteiger partial charge in [0.25, 0.3) is 0 Å². The van der Waals surface area contributed by atoms with Gasteiger partial charge in [0.1, 0.15) is 5.82 Å². The third kappa shape index (κ3) is 5.10. The summed E-state index contributed by atoms with van der Waals surface area (Å²) in [7, 11) is 0. The molecule has 4 aromatic rings. The lowest BCUT2D eigenvalue weighted by molar-refractivity contribution is -0.132. The summed E-state index contributed by atoms with van der Waals surface area (Å²) in [4.78, 5) is 29.3. The van der Waals surface area contributed by atoms with Crippen LogP contribution >= 0.6 is 11.3 Å². The number of hydrogen-bond donors (Lipinski definition) is 2. The van der Waals surface area contributed by atoms with Crippen LogP contribution in [0.5, 0.6) is 0 Å². The maximum atomic E-state index is 12.0. The minimum absolute atomic E-state index is 0.264. The molecule has 0 fully saturated rings. The fraction of sp³-hybridized carbons (Fsp3) is 0.222. The normalized spacial score (nSPS) is 11.7. The molecule has 2 N–H and O–H groups in total. The van der Waals surface area contributed by atoms with Gasteiger partial charge in [0.15, 0.2) is 0 Å². The summed E-state index contributed by atoms with van der Waals surface area (Å²) in [5, 5.41) is 22.9. The number of unbranched alkanes of at least 4 members (excludes halogenated alkanes) is 1. The van der Waals surface area contributed by atoms with E-state index in [1.807, 2.05) is 47.8 Å². The Morgan fingerprint density at radius 1 is 1.06 bits per heavy atom. The number of aromatic carboxylic acids is 1. The number of benzene rings is 2. The van der Waals surface area contributed by atoms with Crippen molar-refractivity contribution in [1.29, 1.82) is 0 Å². The van der Waals surface area contributed by atoms with E-state index < -0.39 is 11.9 Å². The highest BCUT2D eigenvalue weighted by Crippen LogP contribution is 2.26. The first-order valence-electron chi connectivity index (χ1n) is 11.2. The van der Waals surface area contributed by atoms with E-state index in [2.05, 4.69) is 16.5 Å². The predicted molar refractivity (Wildman–Crippen MR) is 134 cm³/mol. The van der Waals surface area contributed by atoms with Crippen LogP contribution in [-0.2, 0) is 24.2 Å². The number of aliphatic carboxylic acids is 1. The highest BCUT2D eigenvalue weighted by molar-refractivity contribution is 7.09. The Kier molecular flexibility index (Phi) is 7.23. The van der Waals surface area contributed by atoms with E-state index in [1.165, 1.54) is 11.3 Å². The van der Waals surface area contributed by atoms with Crippen molar-refractivity contribution in [2.75, 3.05) is 0 Å². The number of hydrogen-bond acceptors (Lipinski definition) is 4. The molecule has 2 aromatic heterocycles. The van der Waals surface area contributed by atoms with E-state index in [1.54, 1.807) is 18.3 Å². The molecule has 34 heavy (non-hydrogen) atoms. The zero-order chi connectivity index (χ0) is 24.1. The number of aromatic nitrogens is 2. The van der Waals surface area contributed by atoms with Crippen LogP contribution in [0.4, 0.5) is 0 Å². The van der Waals surface area contributed by atoms with Crippen LogP contribution in [0.2, 0.25) is 0 Å². The molecule has 0 radical (unpaired) electrons. The van der Waals surface area contributed by atoms with E-state index in [4.69, 9.17) is 0 Å².